The van der Waals surface area contributed by atoms with Gasteiger partial charge in [0.25, 0.3) is 5.91 Å². The van der Waals surface area contributed by atoms with E-state index in [9.17, 15) is 4.79 Å². The number of rotatable bonds is 4. The standard InChI is InChI=1S/C16H17BrN2O2/c1-10(2)21-13-5-3-4-11(8-13)16(20)19-12-6-7-15(18)14(17)9-12/h3-10H,18H2,1-2H3,(H,19,20). The van der Waals surface area contributed by atoms with Crippen LogP contribution in [-0.4, -0.2) is 12.0 Å². The molecule has 2 aromatic carbocycles. The van der Waals surface area contributed by atoms with E-state index in [1.54, 1.807) is 36.4 Å². The van der Waals surface area contributed by atoms with Crippen LogP contribution in [0.3, 0.4) is 0 Å². The summed E-state index contributed by atoms with van der Waals surface area (Å²) in [5.74, 6) is 0.483. The Morgan fingerprint density at radius 2 is 2.00 bits per heavy atom. The molecule has 0 aliphatic carbocycles. The topological polar surface area (TPSA) is 64.3 Å². The van der Waals surface area contributed by atoms with Crippen molar-refractivity contribution in [2.45, 2.75) is 20.0 Å². The van der Waals surface area contributed by atoms with Crippen molar-refractivity contribution in [1.82, 2.24) is 0 Å². The van der Waals surface area contributed by atoms with Crippen LogP contribution in [0.4, 0.5) is 11.4 Å². The normalized spacial score (nSPS) is 10.5. The van der Waals surface area contributed by atoms with Crippen LogP contribution in [0.1, 0.15) is 24.2 Å². The highest BCUT2D eigenvalue weighted by Crippen LogP contribution is 2.24. The van der Waals surface area contributed by atoms with Gasteiger partial charge in [-0.2, -0.15) is 0 Å². The molecule has 0 radical (unpaired) electrons. The predicted octanol–water partition coefficient (Wildman–Crippen LogP) is 4.07. The molecule has 0 unspecified atom stereocenters. The quantitative estimate of drug-likeness (QED) is 0.818. The maximum Gasteiger partial charge on any atom is 0.255 e. The van der Waals surface area contributed by atoms with E-state index >= 15 is 0 Å². The first-order valence-electron chi connectivity index (χ1n) is 6.59. The van der Waals surface area contributed by atoms with E-state index in [2.05, 4.69) is 21.2 Å². The fourth-order valence-corrected chi connectivity index (χ4v) is 2.17. The van der Waals surface area contributed by atoms with Crippen LogP contribution in [-0.2, 0) is 0 Å². The Balaban J connectivity index is 2.14. The molecule has 3 N–H and O–H groups in total. The van der Waals surface area contributed by atoms with Gasteiger partial charge in [0.05, 0.1) is 6.10 Å². The van der Waals surface area contributed by atoms with Gasteiger partial charge in [-0.1, -0.05) is 6.07 Å². The van der Waals surface area contributed by atoms with Crippen molar-refractivity contribution in [2.24, 2.45) is 0 Å². The zero-order valence-corrected chi connectivity index (χ0v) is 13.5. The van der Waals surface area contributed by atoms with Crippen molar-refractivity contribution in [2.75, 3.05) is 11.1 Å². The monoisotopic (exact) mass is 348 g/mol. The van der Waals surface area contributed by atoms with Crippen molar-refractivity contribution in [3.8, 4) is 5.75 Å². The number of carbonyl (C=O) groups is 1. The average molecular weight is 349 g/mol. The summed E-state index contributed by atoms with van der Waals surface area (Å²) in [6.45, 7) is 3.89. The highest BCUT2D eigenvalue weighted by molar-refractivity contribution is 9.10. The Labute approximate surface area is 132 Å². The molecule has 0 aliphatic heterocycles. The molecule has 0 aromatic heterocycles. The molecule has 1 amide bonds. The third-order valence-corrected chi connectivity index (χ3v) is 3.41. The Morgan fingerprint density at radius 1 is 1.24 bits per heavy atom. The Hall–Kier alpha value is -2.01. The number of hydrogen-bond donors (Lipinski definition) is 2. The molecule has 0 aliphatic rings. The molecule has 0 bridgehead atoms. The second kappa shape index (κ2) is 6.63. The third kappa shape index (κ3) is 4.23. The Bertz CT molecular complexity index is 656. The molecule has 21 heavy (non-hydrogen) atoms. The summed E-state index contributed by atoms with van der Waals surface area (Å²) in [7, 11) is 0. The van der Waals surface area contributed by atoms with Gasteiger partial charge in [-0.3, -0.25) is 4.79 Å². The lowest BCUT2D eigenvalue weighted by Gasteiger charge is -2.11. The fourth-order valence-electron chi connectivity index (χ4n) is 1.79. The van der Waals surface area contributed by atoms with Crippen LogP contribution in [0.5, 0.6) is 5.75 Å². The van der Waals surface area contributed by atoms with E-state index in [4.69, 9.17) is 10.5 Å². The van der Waals surface area contributed by atoms with Gasteiger partial charge in [0.2, 0.25) is 0 Å². The minimum atomic E-state index is -0.194. The van der Waals surface area contributed by atoms with Crippen LogP contribution in [0.25, 0.3) is 0 Å². The minimum absolute atomic E-state index is 0.0661. The molecule has 0 spiro atoms. The Kier molecular flexibility index (Phi) is 4.85. The second-order valence-electron chi connectivity index (χ2n) is 4.88. The van der Waals surface area contributed by atoms with E-state index in [0.717, 1.165) is 4.47 Å². The summed E-state index contributed by atoms with van der Waals surface area (Å²) < 4.78 is 6.33. The number of amides is 1. The molecule has 0 heterocycles. The van der Waals surface area contributed by atoms with Crippen LogP contribution in [0.2, 0.25) is 0 Å². The summed E-state index contributed by atoms with van der Waals surface area (Å²) in [5, 5.41) is 2.83. The molecule has 2 rings (SSSR count). The number of benzene rings is 2. The number of anilines is 2. The summed E-state index contributed by atoms with van der Waals surface area (Å²) >= 11 is 3.33. The number of carbonyl (C=O) groups excluding carboxylic acids is 1. The lowest BCUT2D eigenvalue weighted by Crippen LogP contribution is -2.13. The number of hydrogen-bond acceptors (Lipinski definition) is 3. The molecule has 0 saturated carbocycles. The summed E-state index contributed by atoms with van der Waals surface area (Å²) in [6, 6.07) is 12.4. The van der Waals surface area contributed by atoms with Crippen LogP contribution in [0, 0.1) is 0 Å². The van der Waals surface area contributed by atoms with E-state index < -0.39 is 0 Å². The van der Waals surface area contributed by atoms with Gasteiger partial charge in [-0.15, -0.1) is 0 Å². The Morgan fingerprint density at radius 3 is 2.67 bits per heavy atom. The lowest BCUT2D eigenvalue weighted by molar-refractivity contribution is 0.102. The van der Waals surface area contributed by atoms with Gasteiger partial charge in [-0.25, -0.2) is 0 Å². The van der Waals surface area contributed by atoms with E-state index in [1.165, 1.54) is 0 Å². The van der Waals surface area contributed by atoms with Gasteiger partial charge < -0.3 is 15.8 Å². The van der Waals surface area contributed by atoms with Gasteiger partial charge in [0, 0.05) is 21.4 Å². The maximum absolute atomic E-state index is 12.2. The van der Waals surface area contributed by atoms with Gasteiger partial charge >= 0.3 is 0 Å². The van der Waals surface area contributed by atoms with Crippen molar-refractivity contribution < 1.29 is 9.53 Å². The smallest absolute Gasteiger partial charge is 0.255 e. The number of ether oxygens (including phenoxy) is 1. The van der Waals surface area contributed by atoms with Crippen LogP contribution < -0.4 is 15.8 Å². The van der Waals surface area contributed by atoms with Crippen LogP contribution >= 0.6 is 15.9 Å². The van der Waals surface area contributed by atoms with Crippen molar-refractivity contribution in [3.05, 3.63) is 52.5 Å². The zero-order chi connectivity index (χ0) is 15.4. The molecule has 0 fully saturated rings. The third-order valence-electron chi connectivity index (χ3n) is 2.73. The molecule has 4 nitrogen and oxygen atoms in total. The first-order valence-corrected chi connectivity index (χ1v) is 7.38. The highest BCUT2D eigenvalue weighted by Gasteiger charge is 2.09. The van der Waals surface area contributed by atoms with Gasteiger partial charge in [0.1, 0.15) is 5.75 Å². The molecular formula is C16H17BrN2O2. The number of nitrogen functional groups attached to an aromatic ring is 1. The number of nitrogens with two attached hydrogens (primary N) is 1. The summed E-state index contributed by atoms with van der Waals surface area (Å²) in [4.78, 5) is 12.2. The SMILES string of the molecule is CC(C)Oc1cccc(C(=O)Nc2ccc(N)c(Br)c2)c1. The maximum atomic E-state index is 12.2. The highest BCUT2D eigenvalue weighted by atomic mass is 79.9. The molecule has 5 heteroatoms. The zero-order valence-electron chi connectivity index (χ0n) is 11.9. The first-order chi connectivity index (χ1) is 9.95. The van der Waals surface area contributed by atoms with Crippen molar-refractivity contribution >= 4 is 33.2 Å². The largest absolute Gasteiger partial charge is 0.491 e. The van der Waals surface area contributed by atoms with E-state index in [-0.39, 0.29) is 12.0 Å². The summed E-state index contributed by atoms with van der Waals surface area (Å²) in [6.07, 6.45) is 0.0661. The van der Waals surface area contributed by atoms with Crippen molar-refractivity contribution in [1.29, 1.82) is 0 Å². The number of nitrogens with one attached hydrogen (secondary N) is 1. The van der Waals surface area contributed by atoms with Crippen LogP contribution in [0.15, 0.2) is 46.9 Å². The molecule has 2 aromatic rings. The molecule has 110 valence electrons. The van der Waals surface area contributed by atoms with Gasteiger partial charge in [0.15, 0.2) is 0 Å². The first kappa shape index (κ1) is 15.4. The second-order valence-corrected chi connectivity index (χ2v) is 5.74. The average Bonchev–Trinajstić information content (AvgIpc) is 2.42. The number of halogens is 1. The van der Waals surface area contributed by atoms with E-state index in [0.29, 0.717) is 22.7 Å². The van der Waals surface area contributed by atoms with Crippen molar-refractivity contribution in [3.63, 3.8) is 0 Å². The lowest BCUT2D eigenvalue weighted by atomic mass is 10.2. The fraction of sp³-hybridized carbons (Fsp3) is 0.188. The van der Waals surface area contributed by atoms with E-state index in [1.807, 2.05) is 19.9 Å². The molecular weight excluding hydrogens is 332 g/mol. The van der Waals surface area contributed by atoms with Gasteiger partial charge in [-0.05, 0) is 66.2 Å². The predicted molar refractivity (Wildman–Crippen MR) is 88.7 cm³/mol. The minimum Gasteiger partial charge on any atom is -0.491 e. The summed E-state index contributed by atoms with van der Waals surface area (Å²) in [5.41, 5.74) is 7.57. The molecule has 0 saturated heterocycles. The molecule has 0 atom stereocenters.